The van der Waals surface area contributed by atoms with Crippen molar-refractivity contribution >= 4 is 17.7 Å². The number of piperidine rings is 1. The van der Waals surface area contributed by atoms with Gasteiger partial charge in [0.25, 0.3) is 0 Å². The first-order valence-corrected chi connectivity index (χ1v) is 8.67. The van der Waals surface area contributed by atoms with Crippen LogP contribution in [0.3, 0.4) is 0 Å². The maximum absolute atomic E-state index is 12.3. The van der Waals surface area contributed by atoms with Crippen LogP contribution < -0.4 is 5.32 Å². The van der Waals surface area contributed by atoms with Crippen LogP contribution in [-0.2, 0) is 14.4 Å². The highest BCUT2D eigenvalue weighted by molar-refractivity contribution is 6.04. The number of hydrogen-bond acceptors (Lipinski definition) is 5. The van der Waals surface area contributed by atoms with Gasteiger partial charge in [-0.3, -0.25) is 24.2 Å². The molecule has 0 aromatic heterocycles. The van der Waals surface area contributed by atoms with Gasteiger partial charge in [0.05, 0.1) is 0 Å². The summed E-state index contributed by atoms with van der Waals surface area (Å²) < 4.78 is 0. The summed E-state index contributed by atoms with van der Waals surface area (Å²) in [7, 11) is 0. The molecule has 0 atom stereocenters. The van der Waals surface area contributed by atoms with E-state index in [1.165, 1.54) is 12.8 Å². The highest BCUT2D eigenvalue weighted by Crippen LogP contribution is 2.16. The van der Waals surface area contributed by atoms with Gasteiger partial charge >= 0.3 is 0 Å². The van der Waals surface area contributed by atoms with Gasteiger partial charge in [-0.15, -0.1) is 0 Å². The van der Waals surface area contributed by atoms with Gasteiger partial charge in [-0.2, -0.15) is 0 Å². The average molecular weight is 322 g/mol. The molecule has 0 spiro atoms. The van der Waals surface area contributed by atoms with Crippen LogP contribution in [0.4, 0.5) is 0 Å². The molecule has 7 heteroatoms. The molecule has 3 aliphatic rings. The third-order valence-corrected chi connectivity index (χ3v) is 5.15. The average Bonchev–Trinajstić information content (AvgIpc) is 2.88. The fourth-order valence-electron chi connectivity index (χ4n) is 3.64. The Morgan fingerprint density at radius 3 is 2.22 bits per heavy atom. The van der Waals surface area contributed by atoms with E-state index in [1.54, 1.807) is 4.90 Å². The van der Waals surface area contributed by atoms with Crippen LogP contribution in [0.1, 0.15) is 25.7 Å². The molecular formula is C16H26N4O3. The Morgan fingerprint density at radius 2 is 1.61 bits per heavy atom. The van der Waals surface area contributed by atoms with E-state index in [0.29, 0.717) is 13.1 Å². The van der Waals surface area contributed by atoms with Crippen molar-refractivity contribution in [1.29, 1.82) is 0 Å². The van der Waals surface area contributed by atoms with Gasteiger partial charge in [-0.25, -0.2) is 0 Å². The molecule has 0 radical (unpaired) electrons. The molecule has 3 saturated heterocycles. The van der Waals surface area contributed by atoms with Gasteiger partial charge in [0.1, 0.15) is 6.54 Å². The number of carbonyl (C=O) groups is 3. The van der Waals surface area contributed by atoms with Gasteiger partial charge in [-0.1, -0.05) is 0 Å². The number of carbonyl (C=O) groups excluding carboxylic acids is 3. The molecule has 3 fully saturated rings. The largest absolute Gasteiger partial charge is 0.339 e. The summed E-state index contributed by atoms with van der Waals surface area (Å²) in [5, 5.41) is 3.38. The van der Waals surface area contributed by atoms with Gasteiger partial charge in [0.15, 0.2) is 0 Å². The maximum atomic E-state index is 12.3. The first-order valence-electron chi connectivity index (χ1n) is 8.67. The van der Waals surface area contributed by atoms with E-state index < -0.39 is 0 Å². The summed E-state index contributed by atoms with van der Waals surface area (Å²) in [5.74, 6) is 0.231. The number of piperazine rings is 1. The van der Waals surface area contributed by atoms with Crippen molar-refractivity contribution in [1.82, 2.24) is 20.0 Å². The topological polar surface area (TPSA) is 73.0 Å². The smallest absolute Gasteiger partial charge is 0.242 e. The fraction of sp³-hybridized carbons (Fsp3) is 0.812. The van der Waals surface area contributed by atoms with Gasteiger partial charge < -0.3 is 10.2 Å². The van der Waals surface area contributed by atoms with E-state index in [4.69, 9.17) is 0 Å². The number of rotatable bonds is 4. The van der Waals surface area contributed by atoms with E-state index in [2.05, 4.69) is 10.2 Å². The molecule has 7 nitrogen and oxygen atoms in total. The molecule has 3 rings (SSSR count). The highest BCUT2D eigenvalue weighted by atomic mass is 16.2. The second-order valence-electron chi connectivity index (χ2n) is 6.75. The van der Waals surface area contributed by atoms with Crippen molar-refractivity contribution in [3.63, 3.8) is 0 Å². The van der Waals surface area contributed by atoms with Crippen molar-refractivity contribution < 1.29 is 14.4 Å². The van der Waals surface area contributed by atoms with Crippen LogP contribution >= 0.6 is 0 Å². The lowest BCUT2D eigenvalue weighted by Crippen LogP contribution is -2.52. The Hall–Kier alpha value is -1.47. The maximum Gasteiger partial charge on any atom is 0.242 e. The molecule has 0 saturated carbocycles. The minimum absolute atomic E-state index is 0.0774. The quantitative estimate of drug-likeness (QED) is 0.692. The predicted octanol–water partition coefficient (Wildman–Crippen LogP) is -0.721. The van der Waals surface area contributed by atoms with E-state index in [0.717, 1.165) is 43.5 Å². The zero-order valence-electron chi connectivity index (χ0n) is 13.6. The van der Waals surface area contributed by atoms with Crippen LogP contribution in [0.2, 0.25) is 0 Å². The van der Waals surface area contributed by atoms with Crippen LogP contribution in [0, 0.1) is 5.92 Å². The van der Waals surface area contributed by atoms with E-state index in [1.807, 2.05) is 0 Å². The third-order valence-electron chi connectivity index (χ3n) is 5.15. The SMILES string of the molecule is O=C(CN1C(=O)CCC1=O)N1CCN(CC2CCNCC2)CC1. The summed E-state index contributed by atoms with van der Waals surface area (Å²) in [6.07, 6.45) is 2.96. The molecule has 3 heterocycles. The second-order valence-corrected chi connectivity index (χ2v) is 6.75. The van der Waals surface area contributed by atoms with Crippen LogP contribution in [0.25, 0.3) is 0 Å². The molecule has 0 aliphatic carbocycles. The van der Waals surface area contributed by atoms with E-state index >= 15 is 0 Å². The molecule has 128 valence electrons. The Kier molecular flexibility index (Phi) is 5.27. The van der Waals surface area contributed by atoms with Crippen molar-refractivity contribution in [3.05, 3.63) is 0 Å². The Balaban J connectivity index is 1.42. The monoisotopic (exact) mass is 322 g/mol. The molecule has 3 amide bonds. The van der Waals surface area contributed by atoms with Crippen LogP contribution in [-0.4, -0.2) is 84.8 Å². The minimum atomic E-state index is -0.215. The number of imide groups is 1. The van der Waals surface area contributed by atoms with Crippen molar-refractivity contribution in [3.8, 4) is 0 Å². The number of nitrogens with one attached hydrogen (secondary N) is 1. The number of hydrogen-bond donors (Lipinski definition) is 1. The lowest BCUT2D eigenvalue weighted by molar-refractivity contribution is -0.146. The molecule has 0 aromatic rings. The number of nitrogens with zero attached hydrogens (tertiary/aromatic N) is 3. The van der Waals surface area contributed by atoms with E-state index in [-0.39, 0.29) is 37.1 Å². The molecule has 0 unspecified atom stereocenters. The molecule has 0 bridgehead atoms. The van der Waals surface area contributed by atoms with Gasteiger partial charge in [-0.05, 0) is 31.8 Å². The van der Waals surface area contributed by atoms with Crippen LogP contribution in [0.5, 0.6) is 0 Å². The van der Waals surface area contributed by atoms with Gasteiger partial charge in [0.2, 0.25) is 17.7 Å². The Morgan fingerprint density at radius 1 is 1.00 bits per heavy atom. The second kappa shape index (κ2) is 7.40. The number of amides is 3. The first-order chi connectivity index (χ1) is 11.1. The molecule has 0 aromatic carbocycles. The standard InChI is InChI=1S/C16H26N4O3/c21-14-1-2-15(22)20(14)12-16(23)19-9-7-18(8-10-19)11-13-3-5-17-6-4-13/h13,17H,1-12H2. The molecule has 3 aliphatic heterocycles. The summed E-state index contributed by atoms with van der Waals surface area (Å²) in [6.45, 7) is 6.43. The van der Waals surface area contributed by atoms with Crippen molar-refractivity contribution in [2.75, 3.05) is 52.4 Å². The fourth-order valence-corrected chi connectivity index (χ4v) is 3.64. The summed E-state index contributed by atoms with van der Waals surface area (Å²) >= 11 is 0. The minimum Gasteiger partial charge on any atom is -0.339 e. The zero-order valence-corrected chi connectivity index (χ0v) is 13.6. The van der Waals surface area contributed by atoms with E-state index in [9.17, 15) is 14.4 Å². The van der Waals surface area contributed by atoms with Crippen molar-refractivity contribution in [2.24, 2.45) is 5.92 Å². The molecule has 23 heavy (non-hydrogen) atoms. The Labute approximate surface area is 137 Å². The third kappa shape index (κ3) is 4.09. The Bertz CT molecular complexity index is 452. The lowest BCUT2D eigenvalue weighted by atomic mass is 9.97. The molecule has 1 N–H and O–H groups in total. The highest BCUT2D eigenvalue weighted by Gasteiger charge is 2.32. The first kappa shape index (κ1) is 16.4. The summed E-state index contributed by atoms with van der Waals surface area (Å²) in [6, 6.07) is 0. The predicted molar refractivity (Wildman–Crippen MR) is 84.6 cm³/mol. The molecular weight excluding hydrogens is 296 g/mol. The van der Waals surface area contributed by atoms with Crippen molar-refractivity contribution in [2.45, 2.75) is 25.7 Å². The van der Waals surface area contributed by atoms with Gasteiger partial charge in [0, 0.05) is 45.6 Å². The van der Waals surface area contributed by atoms with Crippen LogP contribution in [0.15, 0.2) is 0 Å². The zero-order chi connectivity index (χ0) is 16.2. The number of likely N-dealkylation sites (tertiary alicyclic amines) is 1. The lowest BCUT2D eigenvalue weighted by Gasteiger charge is -2.37. The normalized spacial score (nSPS) is 24.5. The summed E-state index contributed by atoms with van der Waals surface area (Å²) in [5.41, 5.74) is 0. The summed E-state index contributed by atoms with van der Waals surface area (Å²) in [4.78, 5) is 40.8.